The van der Waals surface area contributed by atoms with Crippen LogP contribution in [-0.2, 0) is 56.7 Å². The molecule has 4 heterocycles. The van der Waals surface area contributed by atoms with Gasteiger partial charge in [-0.1, -0.05) is 64.2 Å². The Bertz CT molecular complexity index is 1970. The number of carbonyl (C=O) groups excluding carboxylic acids is 5. The van der Waals surface area contributed by atoms with E-state index in [-0.39, 0.29) is 48.6 Å². The number of carbonyl (C=O) groups is 5. The van der Waals surface area contributed by atoms with Crippen LogP contribution in [0, 0.1) is 41.4 Å². The molecule has 16 atom stereocenters. The Kier molecular flexibility index (Phi) is 20.0. The van der Waals surface area contributed by atoms with Crippen LogP contribution in [0.4, 0.5) is 0 Å². The summed E-state index contributed by atoms with van der Waals surface area (Å²) in [6, 6.07) is -1.15. The first kappa shape index (κ1) is 55.8. The summed E-state index contributed by atoms with van der Waals surface area (Å²) in [5, 5.41) is 23.6. The van der Waals surface area contributed by atoms with Gasteiger partial charge in [-0.05, 0) is 101 Å². The van der Waals surface area contributed by atoms with Gasteiger partial charge < -0.3 is 43.3 Å². The minimum absolute atomic E-state index is 0.0155. The van der Waals surface area contributed by atoms with Crippen molar-refractivity contribution in [2.45, 2.75) is 167 Å². The summed E-state index contributed by atoms with van der Waals surface area (Å²) < 4.78 is 48.4. The summed E-state index contributed by atoms with van der Waals surface area (Å²) >= 11 is 0. The Labute approximate surface area is 404 Å². The maximum absolute atomic E-state index is 14.5. The van der Waals surface area contributed by atoms with Crippen molar-refractivity contribution >= 4 is 36.6 Å². The molecule has 1 saturated carbocycles. The number of allylic oxidation sites excluding steroid dienone is 6. The normalized spacial score (nSPS) is 41.6. The lowest BCUT2D eigenvalue weighted by atomic mass is 9.68. The summed E-state index contributed by atoms with van der Waals surface area (Å²) in [6.45, 7) is 14.0. The summed E-state index contributed by atoms with van der Waals surface area (Å²) in [7, 11) is 1.73. The Balaban J connectivity index is 1.51. The topological polar surface area (TPSA) is 202 Å². The van der Waals surface area contributed by atoms with Gasteiger partial charge in [0.25, 0.3) is 11.7 Å². The van der Waals surface area contributed by atoms with Gasteiger partial charge in [-0.3, -0.25) is 23.7 Å². The fraction of sp³-hybridized carbons (Fsp3) is 0.750. The molecule has 4 fully saturated rings. The predicted octanol–water partition coefficient (Wildman–Crippen LogP) is 6.96. The second-order valence-corrected chi connectivity index (χ2v) is 23.6. The highest BCUT2D eigenvalue weighted by molar-refractivity contribution is 7.57. The first-order chi connectivity index (χ1) is 32.0. The minimum Gasteiger partial charge on any atom is -0.460 e. The van der Waals surface area contributed by atoms with E-state index in [0.717, 1.165) is 5.57 Å². The third kappa shape index (κ3) is 13.6. The Hall–Kier alpha value is -3.14. The zero-order valence-electron chi connectivity index (χ0n) is 42.3. The van der Waals surface area contributed by atoms with Crippen molar-refractivity contribution in [1.82, 2.24) is 4.90 Å². The van der Waals surface area contributed by atoms with Crippen LogP contribution in [0.5, 0.6) is 0 Å². The van der Waals surface area contributed by atoms with Gasteiger partial charge in [0.1, 0.15) is 30.1 Å². The maximum atomic E-state index is 14.5. The highest BCUT2D eigenvalue weighted by Crippen LogP contribution is 2.48. The van der Waals surface area contributed by atoms with E-state index in [1.165, 1.54) is 12.0 Å². The van der Waals surface area contributed by atoms with E-state index in [0.29, 0.717) is 69.8 Å². The molecule has 0 radical (unpaired) electrons. The second kappa shape index (κ2) is 24.3. The van der Waals surface area contributed by atoms with Crippen LogP contribution >= 0.6 is 7.37 Å². The quantitative estimate of drug-likeness (QED) is 0.115. The molecular formula is C52H80NO14P. The van der Waals surface area contributed by atoms with E-state index in [2.05, 4.69) is 0 Å². The lowest BCUT2D eigenvalue weighted by molar-refractivity contribution is -0.266. The molecule has 1 amide bonds. The van der Waals surface area contributed by atoms with E-state index >= 15 is 0 Å². The SMILES string of the molecule is COC1CC(CC2C3CC(=O)C(C)/C=C(\C)C(O)[C@@H](OC)C(=O)C(C)C[C@H](C)/C=C/C=C/C=C(\C)[C@@H](OC)C[C@@H]4CCC(C)C(O)(O4)C(=O)C(=O)N4CCC[C@H]2C4C(=O)O3)CC[C@H]1OP(C)(C)=O. The van der Waals surface area contributed by atoms with Gasteiger partial charge >= 0.3 is 5.97 Å². The van der Waals surface area contributed by atoms with Crippen LogP contribution in [0.3, 0.4) is 0 Å². The molecule has 0 aromatic heterocycles. The number of hydrogen-bond acceptors (Lipinski definition) is 14. The van der Waals surface area contributed by atoms with E-state index in [1.807, 2.05) is 51.2 Å². The van der Waals surface area contributed by atoms with Gasteiger partial charge in [0.15, 0.2) is 13.2 Å². The maximum Gasteiger partial charge on any atom is 0.329 e. The molecule has 68 heavy (non-hydrogen) atoms. The molecule has 0 aromatic rings. The molecule has 15 nitrogen and oxygen atoms in total. The molecule has 6 bridgehead atoms. The first-order valence-corrected chi connectivity index (χ1v) is 27.3. The highest BCUT2D eigenvalue weighted by atomic mass is 31.2. The fourth-order valence-corrected chi connectivity index (χ4v) is 12.2. The van der Waals surface area contributed by atoms with Gasteiger partial charge in [0.05, 0.1) is 24.4 Å². The molecule has 5 aliphatic rings. The molecule has 5 rings (SSSR count). The number of aliphatic hydroxyl groups is 2. The average Bonchev–Trinajstić information content (AvgIpc) is 3.29. The van der Waals surface area contributed by atoms with Crippen molar-refractivity contribution in [2.75, 3.05) is 41.2 Å². The smallest absolute Gasteiger partial charge is 0.329 e. The van der Waals surface area contributed by atoms with E-state index in [1.54, 1.807) is 54.4 Å². The second-order valence-electron chi connectivity index (χ2n) is 20.8. The van der Waals surface area contributed by atoms with E-state index in [9.17, 15) is 38.8 Å². The van der Waals surface area contributed by atoms with Crippen LogP contribution in [-0.4, -0.2) is 140 Å². The number of methoxy groups -OCH3 is 3. The van der Waals surface area contributed by atoms with E-state index in [4.69, 9.17) is 28.2 Å². The Morgan fingerprint density at radius 2 is 1.57 bits per heavy atom. The molecule has 2 N–H and O–H groups in total. The summed E-state index contributed by atoms with van der Waals surface area (Å²) in [4.78, 5) is 72.5. The zero-order valence-corrected chi connectivity index (χ0v) is 43.2. The van der Waals surface area contributed by atoms with Crippen LogP contribution in [0.15, 0.2) is 47.6 Å². The number of amides is 1. The van der Waals surface area contributed by atoms with Crippen LogP contribution in [0.2, 0.25) is 0 Å². The summed E-state index contributed by atoms with van der Waals surface area (Å²) in [6.07, 6.45) is 11.0. The number of piperidine rings is 1. The molecule has 0 spiro atoms. The average molecular weight is 974 g/mol. The number of aliphatic hydroxyl groups excluding tert-OH is 1. The number of hydrogen-bond donors (Lipinski definition) is 2. The highest BCUT2D eigenvalue weighted by Gasteiger charge is 2.57. The number of nitrogens with zero attached hydrogens (tertiary/aromatic N) is 1. The number of fused-ring (bicyclic) bond motifs is 3. The first-order valence-electron chi connectivity index (χ1n) is 24.8. The van der Waals surface area contributed by atoms with Gasteiger partial charge in [-0.15, -0.1) is 0 Å². The monoisotopic (exact) mass is 974 g/mol. The van der Waals surface area contributed by atoms with Gasteiger partial charge in [-0.25, -0.2) is 4.79 Å². The Morgan fingerprint density at radius 3 is 2.24 bits per heavy atom. The number of ketones is 3. The van der Waals surface area contributed by atoms with Crippen LogP contribution in [0.25, 0.3) is 0 Å². The van der Waals surface area contributed by atoms with E-state index < -0.39 is 97.0 Å². The van der Waals surface area contributed by atoms with Crippen LogP contribution in [0.1, 0.15) is 112 Å². The largest absolute Gasteiger partial charge is 0.460 e. The molecule has 3 saturated heterocycles. The molecule has 1 aliphatic carbocycles. The number of rotatable bonds is 7. The van der Waals surface area contributed by atoms with Gasteiger partial charge in [-0.2, -0.15) is 0 Å². The third-order valence-corrected chi connectivity index (χ3v) is 16.1. The molecule has 16 heteroatoms. The zero-order chi connectivity index (χ0) is 50.2. The molecule has 10 unspecified atom stereocenters. The molecule has 382 valence electrons. The lowest BCUT2D eigenvalue weighted by Crippen LogP contribution is -2.65. The Morgan fingerprint density at radius 1 is 0.853 bits per heavy atom. The number of ether oxygens (including phenoxy) is 5. The van der Waals surface area contributed by atoms with Gasteiger partial charge in [0.2, 0.25) is 5.79 Å². The van der Waals surface area contributed by atoms with Crippen molar-refractivity contribution < 1.29 is 67.0 Å². The van der Waals surface area contributed by atoms with Crippen molar-refractivity contribution in [3.63, 3.8) is 0 Å². The number of esters is 1. The standard InChI is InChI=1S/C52H80NO14P/c1-30-16-13-12-14-17-31(2)42(62-7)28-37-21-19-35(6)52(60,66-37)49(57)50(58)53-23-15-18-38-39(26-36-20-22-41(44(27-36)63-8)67-68(10,11)61)43(65-51(59)45(38)53)29-40(54)32(3)25-34(5)47(56)48(64-9)46(55)33(4)24-30/h12-14,16-17,25,30,32-33,35-39,41-45,47-48,56,60H,15,18-24,26-29H2,1-11H3/b14-12+,16-13+,31-17+,34-25+/t30-,32?,33?,35?,36?,37+,38-,39?,41-,42+,43?,44?,45?,47?,48+,52?/m1/s1. The molecule has 4 aliphatic heterocycles. The summed E-state index contributed by atoms with van der Waals surface area (Å²) in [5.74, 6) is -8.61. The number of Topliss-reactive ketones (excluding diaryl/α,β-unsaturated/α-hetero) is 3. The van der Waals surface area contributed by atoms with Gasteiger partial charge in [0, 0.05) is 77.7 Å². The van der Waals surface area contributed by atoms with Crippen molar-refractivity contribution in [3.05, 3.63) is 47.6 Å². The minimum atomic E-state index is -2.82. The molecular weight excluding hydrogens is 894 g/mol. The van der Waals surface area contributed by atoms with Crippen molar-refractivity contribution in [1.29, 1.82) is 0 Å². The van der Waals surface area contributed by atoms with Crippen molar-refractivity contribution in [3.8, 4) is 0 Å². The predicted molar refractivity (Wildman–Crippen MR) is 257 cm³/mol. The lowest BCUT2D eigenvalue weighted by Gasteiger charge is -2.50. The summed E-state index contributed by atoms with van der Waals surface area (Å²) in [5.41, 5.74) is 1.27. The molecule has 0 aromatic carbocycles. The fourth-order valence-electron chi connectivity index (χ4n) is 11.4. The van der Waals surface area contributed by atoms with Crippen molar-refractivity contribution in [2.24, 2.45) is 41.4 Å². The van der Waals surface area contributed by atoms with Crippen LogP contribution < -0.4 is 0 Å². The third-order valence-electron chi connectivity index (χ3n) is 15.3.